The lowest BCUT2D eigenvalue weighted by Crippen LogP contribution is -2.29. The highest BCUT2D eigenvalue weighted by Crippen LogP contribution is 2.31. The van der Waals surface area contributed by atoms with Gasteiger partial charge in [0.2, 0.25) is 0 Å². The number of rotatable bonds is 4. The summed E-state index contributed by atoms with van der Waals surface area (Å²) in [5.41, 5.74) is 1.87. The molecule has 0 fully saturated rings. The molecule has 8 heteroatoms. The van der Waals surface area contributed by atoms with E-state index in [0.29, 0.717) is 5.69 Å². The maximum absolute atomic E-state index is 12.9. The Balaban J connectivity index is 1.63. The summed E-state index contributed by atoms with van der Waals surface area (Å²) in [5, 5.41) is 13.5. The van der Waals surface area contributed by atoms with Crippen LogP contribution in [-0.2, 0) is 0 Å². The SMILES string of the molecule is Cc1ccccc1N1C(=O)c2ccc(C(=O)Nc3cccc([N+](=O)[O-])c3)cc2C1=O. The number of amides is 3. The van der Waals surface area contributed by atoms with Gasteiger partial charge in [-0.3, -0.25) is 24.5 Å². The number of nitro groups is 1. The van der Waals surface area contributed by atoms with Crippen LogP contribution in [0.1, 0.15) is 36.6 Å². The molecule has 1 aliphatic rings. The van der Waals surface area contributed by atoms with Crippen molar-refractivity contribution in [2.24, 2.45) is 0 Å². The third-order valence-corrected chi connectivity index (χ3v) is 4.82. The van der Waals surface area contributed by atoms with Gasteiger partial charge >= 0.3 is 0 Å². The van der Waals surface area contributed by atoms with Crippen molar-refractivity contribution in [1.82, 2.24) is 0 Å². The van der Waals surface area contributed by atoms with E-state index in [4.69, 9.17) is 0 Å². The number of nitrogens with zero attached hydrogens (tertiary/aromatic N) is 2. The first-order valence-electron chi connectivity index (χ1n) is 9.01. The number of non-ortho nitro benzene ring substituents is 1. The Morgan fingerprint density at radius 3 is 2.40 bits per heavy atom. The Bertz CT molecular complexity index is 1230. The number of para-hydroxylation sites is 1. The van der Waals surface area contributed by atoms with Crippen molar-refractivity contribution in [2.45, 2.75) is 6.92 Å². The minimum Gasteiger partial charge on any atom is -0.322 e. The van der Waals surface area contributed by atoms with E-state index in [-0.39, 0.29) is 28.1 Å². The van der Waals surface area contributed by atoms with E-state index in [9.17, 15) is 24.5 Å². The highest BCUT2D eigenvalue weighted by atomic mass is 16.6. The van der Waals surface area contributed by atoms with Gasteiger partial charge in [0.25, 0.3) is 23.4 Å². The molecular weight excluding hydrogens is 386 g/mol. The number of hydrogen-bond donors (Lipinski definition) is 1. The van der Waals surface area contributed by atoms with Gasteiger partial charge in [0.05, 0.1) is 21.7 Å². The molecule has 148 valence electrons. The summed E-state index contributed by atoms with van der Waals surface area (Å²) in [4.78, 5) is 49.7. The van der Waals surface area contributed by atoms with E-state index >= 15 is 0 Å². The van der Waals surface area contributed by atoms with Gasteiger partial charge in [-0.05, 0) is 42.8 Å². The molecule has 8 nitrogen and oxygen atoms in total. The van der Waals surface area contributed by atoms with Crippen molar-refractivity contribution in [2.75, 3.05) is 10.2 Å². The summed E-state index contributed by atoms with van der Waals surface area (Å²) in [6.07, 6.45) is 0. The van der Waals surface area contributed by atoms with Gasteiger partial charge in [-0.15, -0.1) is 0 Å². The van der Waals surface area contributed by atoms with Gasteiger partial charge in [-0.2, -0.15) is 0 Å². The minimum atomic E-state index is -0.560. The van der Waals surface area contributed by atoms with Gasteiger partial charge in [0, 0.05) is 23.4 Å². The van der Waals surface area contributed by atoms with Crippen LogP contribution in [-0.4, -0.2) is 22.6 Å². The van der Waals surface area contributed by atoms with Crippen molar-refractivity contribution in [3.63, 3.8) is 0 Å². The Labute approximate surface area is 170 Å². The third-order valence-electron chi connectivity index (χ3n) is 4.82. The highest BCUT2D eigenvalue weighted by molar-refractivity contribution is 6.35. The number of nitrogens with one attached hydrogen (secondary N) is 1. The molecule has 0 bridgehead atoms. The molecule has 0 radical (unpaired) electrons. The summed E-state index contributed by atoms with van der Waals surface area (Å²) < 4.78 is 0. The number of carbonyl (C=O) groups excluding carboxylic acids is 3. The Morgan fingerprint density at radius 2 is 1.67 bits per heavy atom. The van der Waals surface area contributed by atoms with E-state index in [1.54, 1.807) is 25.1 Å². The Morgan fingerprint density at radius 1 is 0.933 bits per heavy atom. The van der Waals surface area contributed by atoms with Crippen LogP contribution in [0.2, 0.25) is 0 Å². The third kappa shape index (κ3) is 3.20. The summed E-state index contributed by atoms with van der Waals surface area (Å²) >= 11 is 0. The van der Waals surface area contributed by atoms with E-state index in [0.717, 1.165) is 10.5 Å². The zero-order chi connectivity index (χ0) is 21.4. The van der Waals surface area contributed by atoms with Gasteiger partial charge < -0.3 is 5.32 Å². The van der Waals surface area contributed by atoms with Crippen LogP contribution < -0.4 is 10.2 Å². The zero-order valence-electron chi connectivity index (χ0n) is 15.8. The Kier molecular flexibility index (Phi) is 4.59. The van der Waals surface area contributed by atoms with Crippen LogP contribution in [0.25, 0.3) is 0 Å². The lowest BCUT2D eigenvalue weighted by molar-refractivity contribution is -0.384. The second-order valence-corrected chi connectivity index (χ2v) is 6.75. The van der Waals surface area contributed by atoms with Crippen molar-refractivity contribution < 1.29 is 19.3 Å². The molecule has 0 saturated heterocycles. The normalized spacial score (nSPS) is 12.6. The maximum atomic E-state index is 12.9. The van der Waals surface area contributed by atoms with Crippen molar-refractivity contribution in [3.8, 4) is 0 Å². The minimum absolute atomic E-state index is 0.134. The van der Waals surface area contributed by atoms with Gasteiger partial charge in [0.1, 0.15) is 0 Å². The van der Waals surface area contributed by atoms with Crippen LogP contribution in [0.4, 0.5) is 17.1 Å². The highest BCUT2D eigenvalue weighted by Gasteiger charge is 2.37. The van der Waals surface area contributed by atoms with Crippen LogP contribution in [0.5, 0.6) is 0 Å². The van der Waals surface area contributed by atoms with Crippen LogP contribution in [0.3, 0.4) is 0 Å². The molecular formula is C22H15N3O5. The summed E-state index contributed by atoms with van der Waals surface area (Å²) in [5.74, 6) is -1.50. The fourth-order valence-corrected chi connectivity index (χ4v) is 3.32. The number of fused-ring (bicyclic) bond motifs is 1. The standard InChI is InChI=1S/C22H15N3O5/c1-13-5-2-3-8-19(13)24-21(27)17-10-9-14(11-18(17)22(24)28)20(26)23-15-6-4-7-16(12-15)25(29)30/h2-12H,1H3,(H,23,26). The molecule has 0 spiro atoms. The lowest BCUT2D eigenvalue weighted by atomic mass is 10.1. The van der Waals surface area contributed by atoms with Crippen molar-refractivity contribution in [1.29, 1.82) is 0 Å². The van der Waals surface area contributed by atoms with E-state index in [1.807, 2.05) is 6.07 Å². The fraction of sp³-hybridized carbons (Fsp3) is 0.0455. The topological polar surface area (TPSA) is 110 Å². The molecule has 3 aromatic rings. The number of benzene rings is 3. The molecule has 0 aromatic heterocycles. The molecule has 0 aliphatic carbocycles. The predicted molar refractivity (Wildman–Crippen MR) is 110 cm³/mol. The smallest absolute Gasteiger partial charge is 0.271 e. The summed E-state index contributed by atoms with van der Waals surface area (Å²) in [6.45, 7) is 1.80. The second-order valence-electron chi connectivity index (χ2n) is 6.75. The predicted octanol–water partition coefficient (Wildman–Crippen LogP) is 3.96. The number of imide groups is 1. The van der Waals surface area contributed by atoms with E-state index < -0.39 is 22.6 Å². The van der Waals surface area contributed by atoms with Crippen LogP contribution in [0, 0.1) is 17.0 Å². The van der Waals surface area contributed by atoms with Crippen LogP contribution >= 0.6 is 0 Å². The van der Waals surface area contributed by atoms with Crippen LogP contribution in [0.15, 0.2) is 66.7 Å². The average molecular weight is 401 g/mol. The molecule has 3 aromatic carbocycles. The fourth-order valence-electron chi connectivity index (χ4n) is 3.32. The van der Waals surface area contributed by atoms with Gasteiger partial charge in [-0.25, -0.2) is 4.90 Å². The zero-order valence-corrected chi connectivity index (χ0v) is 15.8. The number of carbonyl (C=O) groups is 3. The lowest BCUT2D eigenvalue weighted by Gasteiger charge is -2.16. The number of nitro benzene ring substituents is 1. The molecule has 3 amide bonds. The summed E-state index contributed by atoms with van der Waals surface area (Å²) in [7, 11) is 0. The summed E-state index contributed by atoms with van der Waals surface area (Å²) in [6, 6.07) is 16.8. The van der Waals surface area contributed by atoms with E-state index in [1.165, 1.54) is 42.5 Å². The quantitative estimate of drug-likeness (QED) is 0.404. The monoisotopic (exact) mass is 401 g/mol. The number of aryl methyl sites for hydroxylation is 1. The van der Waals surface area contributed by atoms with Crippen molar-refractivity contribution in [3.05, 3.63) is 99.1 Å². The van der Waals surface area contributed by atoms with Gasteiger partial charge in [-0.1, -0.05) is 24.3 Å². The molecule has 4 rings (SSSR count). The largest absolute Gasteiger partial charge is 0.322 e. The maximum Gasteiger partial charge on any atom is 0.271 e. The molecule has 0 atom stereocenters. The molecule has 0 unspecified atom stereocenters. The first-order valence-corrected chi connectivity index (χ1v) is 9.01. The molecule has 30 heavy (non-hydrogen) atoms. The first kappa shape index (κ1) is 19.0. The number of anilines is 2. The molecule has 0 saturated carbocycles. The molecule has 1 aliphatic heterocycles. The second kappa shape index (κ2) is 7.25. The van der Waals surface area contributed by atoms with E-state index in [2.05, 4.69) is 5.32 Å². The average Bonchev–Trinajstić information content (AvgIpc) is 2.98. The molecule has 1 heterocycles. The number of hydrogen-bond acceptors (Lipinski definition) is 5. The Hall–Kier alpha value is -4.33. The molecule has 1 N–H and O–H groups in total. The van der Waals surface area contributed by atoms with Gasteiger partial charge in [0.15, 0.2) is 0 Å². The van der Waals surface area contributed by atoms with Crippen molar-refractivity contribution >= 4 is 34.8 Å². The first-order chi connectivity index (χ1) is 14.4.